The van der Waals surface area contributed by atoms with Gasteiger partial charge >= 0.3 is 11.9 Å². The molecule has 1 atom stereocenters. The van der Waals surface area contributed by atoms with E-state index in [0.717, 1.165) is 37.7 Å². The van der Waals surface area contributed by atoms with Crippen molar-refractivity contribution in [1.82, 2.24) is 0 Å². The highest BCUT2D eigenvalue weighted by molar-refractivity contribution is 5.79. The number of benzene rings is 1. The standard InChI is InChI=1S/C19H28O4/c1-4-6-7-10-15(3)22-18(20)13-14-19(21)23-17-12-9-8-11-16(17)5-2/h8-9,11-12,15H,4-7,10,13-14H2,1-3H3. The predicted octanol–water partition coefficient (Wildman–Crippen LogP) is 4.45. The summed E-state index contributed by atoms with van der Waals surface area (Å²) in [5.41, 5.74) is 0.980. The van der Waals surface area contributed by atoms with E-state index in [0.29, 0.717) is 5.75 Å². The average Bonchev–Trinajstić information content (AvgIpc) is 2.53. The van der Waals surface area contributed by atoms with Crippen LogP contribution in [-0.4, -0.2) is 18.0 Å². The van der Waals surface area contributed by atoms with Crippen LogP contribution in [0.2, 0.25) is 0 Å². The minimum absolute atomic E-state index is 0.0402. The van der Waals surface area contributed by atoms with E-state index in [4.69, 9.17) is 9.47 Å². The molecule has 23 heavy (non-hydrogen) atoms. The molecule has 4 heteroatoms. The zero-order chi connectivity index (χ0) is 17.1. The molecule has 0 amide bonds. The molecule has 1 aromatic carbocycles. The third-order valence-electron chi connectivity index (χ3n) is 3.66. The SMILES string of the molecule is CCCCCC(C)OC(=O)CCC(=O)Oc1ccccc1CC. The smallest absolute Gasteiger partial charge is 0.311 e. The average molecular weight is 320 g/mol. The minimum Gasteiger partial charge on any atom is -0.463 e. The molecular weight excluding hydrogens is 292 g/mol. The van der Waals surface area contributed by atoms with Gasteiger partial charge in [0.05, 0.1) is 18.9 Å². The normalized spacial score (nSPS) is 11.8. The molecule has 4 nitrogen and oxygen atoms in total. The van der Waals surface area contributed by atoms with E-state index >= 15 is 0 Å². The van der Waals surface area contributed by atoms with Gasteiger partial charge in [-0.15, -0.1) is 0 Å². The largest absolute Gasteiger partial charge is 0.463 e. The van der Waals surface area contributed by atoms with Crippen LogP contribution in [0.3, 0.4) is 0 Å². The van der Waals surface area contributed by atoms with Crippen LogP contribution in [0.25, 0.3) is 0 Å². The van der Waals surface area contributed by atoms with Crippen LogP contribution in [0.1, 0.15) is 64.9 Å². The van der Waals surface area contributed by atoms with E-state index in [-0.39, 0.29) is 24.9 Å². The molecule has 0 radical (unpaired) electrons. The lowest BCUT2D eigenvalue weighted by Gasteiger charge is -2.13. The van der Waals surface area contributed by atoms with Crippen molar-refractivity contribution in [3.05, 3.63) is 29.8 Å². The zero-order valence-corrected chi connectivity index (χ0v) is 14.5. The first kappa shape index (κ1) is 19.2. The quantitative estimate of drug-likeness (QED) is 0.363. The number of ether oxygens (including phenoxy) is 2. The lowest BCUT2D eigenvalue weighted by atomic mass is 10.1. The van der Waals surface area contributed by atoms with Gasteiger partial charge in [0.15, 0.2) is 0 Å². The molecule has 0 aliphatic rings. The third kappa shape index (κ3) is 7.82. The van der Waals surface area contributed by atoms with Gasteiger partial charge in [0.2, 0.25) is 0 Å². The molecule has 0 fully saturated rings. The van der Waals surface area contributed by atoms with Crippen molar-refractivity contribution in [3.63, 3.8) is 0 Å². The Hall–Kier alpha value is -1.84. The van der Waals surface area contributed by atoms with Crippen LogP contribution >= 0.6 is 0 Å². The Morgan fingerprint density at radius 1 is 1.04 bits per heavy atom. The summed E-state index contributed by atoms with van der Waals surface area (Å²) >= 11 is 0. The molecule has 0 heterocycles. The van der Waals surface area contributed by atoms with Gasteiger partial charge in [-0.2, -0.15) is 0 Å². The molecule has 0 aromatic heterocycles. The highest BCUT2D eigenvalue weighted by atomic mass is 16.5. The molecule has 1 aromatic rings. The number of hydrogen-bond acceptors (Lipinski definition) is 4. The number of esters is 2. The van der Waals surface area contributed by atoms with Crippen LogP contribution in [0, 0.1) is 0 Å². The fourth-order valence-electron chi connectivity index (χ4n) is 2.30. The van der Waals surface area contributed by atoms with Crippen LogP contribution in [0.15, 0.2) is 24.3 Å². The van der Waals surface area contributed by atoms with Crippen molar-refractivity contribution >= 4 is 11.9 Å². The second-order valence-electron chi connectivity index (χ2n) is 5.73. The maximum Gasteiger partial charge on any atom is 0.311 e. The number of rotatable bonds is 10. The fraction of sp³-hybridized carbons (Fsp3) is 0.579. The molecule has 0 aliphatic heterocycles. The van der Waals surface area contributed by atoms with Crippen molar-refractivity contribution in [2.45, 2.75) is 71.8 Å². The molecule has 1 rings (SSSR count). The Kier molecular flexibility index (Phi) is 9.03. The monoisotopic (exact) mass is 320 g/mol. The number of para-hydroxylation sites is 1. The second-order valence-corrected chi connectivity index (χ2v) is 5.73. The first-order chi connectivity index (χ1) is 11.1. The summed E-state index contributed by atoms with van der Waals surface area (Å²) in [6, 6.07) is 7.43. The van der Waals surface area contributed by atoms with Gasteiger partial charge in [-0.1, -0.05) is 44.9 Å². The minimum atomic E-state index is -0.401. The Balaban J connectivity index is 2.31. The Morgan fingerprint density at radius 3 is 2.43 bits per heavy atom. The molecule has 0 saturated heterocycles. The summed E-state index contributed by atoms with van der Waals surface area (Å²) in [6.07, 6.45) is 5.02. The molecule has 0 spiro atoms. The molecule has 1 unspecified atom stereocenters. The summed E-state index contributed by atoms with van der Waals surface area (Å²) in [7, 11) is 0. The summed E-state index contributed by atoms with van der Waals surface area (Å²) in [5, 5.41) is 0. The number of unbranched alkanes of at least 4 members (excludes halogenated alkanes) is 2. The molecular formula is C19H28O4. The van der Waals surface area contributed by atoms with E-state index in [1.807, 2.05) is 32.0 Å². The number of aryl methyl sites for hydroxylation is 1. The predicted molar refractivity (Wildman–Crippen MR) is 90.4 cm³/mol. The summed E-state index contributed by atoms with van der Waals surface area (Å²) in [4.78, 5) is 23.6. The van der Waals surface area contributed by atoms with Crippen molar-refractivity contribution in [3.8, 4) is 5.75 Å². The van der Waals surface area contributed by atoms with Gasteiger partial charge in [-0.25, -0.2) is 0 Å². The van der Waals surface area contributed by atoms with Crippen LogP contribution in [-0.2, 0) is 20.7 Å². The molecule has 128 valence electrons. The van der Waals surface area contributed by atoms with Crippen molar-refractivity contribution in [2.75, 3.05) is 0 Å². The lowest BCUT2D eigenvalue weighted by Crippen LogP contribution is -2.17. The topological polar surface area (TPSA) is 52.6 Å². The van der Waals surface area contributed by atoms with Gasteiger partial charge in [0, 0.05) is 0 Å². The van der Waals surface area contributed by atoms with E-state index in [2.05, 4.69) is 6.92 Å². The van der Waals surface area contributed by atoms with E-state index in [1.54, 1.807) is 6.07 Å². The van der Waals surface area contributed by atoms with Gasteiger partial charge in [-0.3, -0.25) is 9.59 Å². The van der Waals surface area contributed by atoms with E-state index in [1.165, 1.54) is 0 Å². The summed E-state index contributed by atoms with van der Waals surface area (Å²) < 4.78 is 10.6. The Morgan fingerprint density at radius 2 is 1.74 bits per heavy atom. The van der Waals surface area contributed by atoms with Gasteiger partial charge in [0.25, 0.3) is 0 Å². The molecule has 0 N–H and O–H groups in total. The van der Waals surface area contributed by atoms with Crippen LogP contribution in [0.4, 0.5) is 0 Å². The van der Waals surface area contributed by atoms with E-state index in [9.17, 15) is 9.59 Å². The third-order valence-corrected chi connectivity index (χ3v) is 3.66. The second kappa shape index (κ2) is 10.8. The Bertz CT molecular complexity index is 496. The van der Waals surface area contributed by atoms with Crippen molar-refractivity contribution < 1.29 is 19.1 Å². The first-order valence-corrected chi connectivity index (χ1v) is 8.54. The van der Waals surface area contributed by atoms with Gasteiger partial charge in [0.1, 0.15) is 5.75 Å². The molecule has 0 bridgehead atoms. The Labute approximate surface area is 139 Å². The zero-order valence-electron chi connectivity index (χ0n) is 14.5. The van der Waals surface area contributed by atoms with Crippen LogP contribution < -0.4 is 4.74 Å². The highest BCUT2D eigenvalue weighted by Crippen LogP contribution is 2.19. The summed E-state index contributed by atoms with van der Waals surface area (Å²) in [5.74, 6) is -0.169. The number of carbonyl (C=O) groups is 2. The van der Waals surface area contributed by atoms with Gasteiger partial charge < -0.3 is 9.47 Å². The van der Waals surface area contributed by atoms with Crippen molar-refractivity contribution in [1.29, 1.82) is 0 Å². The lowest BCUT2D eigenvalue weighted by molar-refractivity contribution is -0.151. The maximum atomic E-state index is 11.9. The number of hydrogen-bond donors (Lipinski definition) is 0. The number of carbonyl (C=O) groups excluding carboxylic acids is 2. The van der Waals surface area contributed by atoms with Gasteiger partial charge in [-0.05, 0) is 37.8 Å². The molecule has 0 aliphatic carbocycles. The fourth-order valence-corrected chi connectivity index (χ4v) is 2.30. The van der Waals surface area contributed by atoms with Crippen LogP contribution in [0.5, 0.6) is 5.75 Å². The van der Waals surface area contributed by atoms with E-state index < -0.39 is 5.97 Å². The maximum absolute atomic E-state index is 11.9. The highest BCUT2D eigenvalue weighted by Gasteiger charge is 2.14. The molecule has 0 saturated carbocycles. The van der Waals surface area contributed by atoms with Crippen molar-refractivity contribution in [2.24, 2.45) is 0 Å². The summed E-state index contributed by atoms with van der Waals surface area (Å²) in [6.45, 7) is 6.03. The first-order valence-electron chi connectivity index (χ1n) is 8.54.